The summed E-state index contributed by atoms with van der Waals surface area (Å²) in [6.07, 6.45) is 1.52. The van der Waals surface area contributed by atoms with Gasteiger partial charge in [-0.1, -0.05) is 0 Å². The molecule has 1 aromatic heterocycles. The third-order valence-electron chi connectivity index (χ3n) is 2.66. The number of halogens is 1. The van der Waals surface area contributed by atoms with Gasteiger partial charge in [-0.05, 0) is 13.0 Å². The number of benzene rings is 1. The molecule has 2 rings (SSSR count). The molecule has 0 aliphatic heterocycles. The molecule has 100 valence electrons. The first-order chi connectivity index (χ1) is 8.99. The number of hydrogen-bond donors (Lipinski definition) is 1. The van der Waals surface area contributed by atoms with Crippen LogP contribution in [0, 0.1) is 15.9 Å². The van der Waals surface area contributed by atoms with Crippen molar-refractivity contribution in [3.05, 3.63) is 46.3 Å². The fourth-order valence-electron chi connectivity index (χ4n) is 1.77. The van der Waals surface area contributed by atoms with Crippen molar-refractivity contribution >= 4 is 11.4 Å². The topological polar surface area (TPSA) is 85.9 Å². The second kappa shape index (κ2) is 5.01. The highest BCUT2D eigenvalue weighted by Crippen LogP contribution is 2.28. The van der Waals surface area contributed by atoms with Crippen molar-refractivity contribution in [2.24, 2.45) is 7.05 Å². The minimum Gasteiger partial charge on any atom is -0.370 e. The van der Waals surface area contributed by atoms with Gasteiger partial charge in [-0.15, -0.1) is 10.2 Å². The van der Waals surface area contributed by atoms with Crippen LogP contribution in [0.1, 0.15) is 18.8 Å². The van der Waals surface area contributed by atoms with Gasteiger partial charge in [0.25, 0.3) is 5.69 Å². The van der Waals surface area contributed by atoms with Gasteiger partial charge in [0, 0.05) is 19.2 Å². The summed E-state index contributed by atoms with van der Waals surface area (Å²) in [7, 11) is 1.76. The molecule has 1 N–H and O–H groups in total. The molecule has 1 aromatic carbocycles. The van der Waals surface area contributed by atoms with Crippen molar-refractivity contribution in [3.63, 3.8) is 0 Å². The molecule has 2 aromatic rings. The van der Waals surface area contributed by atoms with Crippen LogP contribution in [0.4, 0.5) is 15.8 Å². The lowest BCUT2D eigenvalue weighted by atomic mass is 10.2. The number of nitrogens with zero attached hydrogens (tertiary/aromatic N) is 4. The lowest BCUT2D eigenvalue weighted by Crippen LogP contribution is -2.13. The van der Waals surface area contributed by atoms with Crippen LogP contribution >= 0.6 is 0 Å². The molecule has 1 unspecified atom stereocenters. The second-order valence-electron chi connectivity index (χ2n) is 4.08. The molecule has 0 saturated heterocycles. The monoisotopic (exact) mass is 265 g/mol. The first-order valence-corrected chi connectivity index (χ1v) is 5.53. The maximum absolute atomic E-state index is 13.2. The van der Waals surface area contributed by atoms with E-state index in [9.17, 15) is 14.5 Å². The Morgan fingerprint density at radius 2 is 2.26 bits per heavy atom. The van der Waals surface area contributed by atoms with E-state index in [1.165, 1.54) is 6.33 Å². The van der Waals surface area contributed by atoms with Crippen LogP contribution in [0.15, 0.2) is 24.5 Å². The van der Waals surface area contributed by atoms with Crippen molar-refractivity contribution < 1.29 is 9.31 Å². The molecule has 0 aliphatic carbocycles. The first-order valence-electron chi connectivity index (χ1n) is 5.53. The minimum absolute atomic E-state index is 0.112. The Labute approximate surface area is 108 Å². The lowest BCUT2D eigenvalue weighted by molar-refractivity contribution is -0.384. The average Bonchev–Trinajstić information content (AvgIpc) is 2.75. The standard InChI is InChI=1S/C11H12FN5O2/c1-7(11-15-13-6-16(11)2)14-9-5-8(12)3-4-10(9)17(18)19/h3-7,14H,1-2H3. The number of nitro benzene ring substituents is 1. The highest BCUT2D eigenvalue weighted by molar-refractivity contribution is 5.62. The van der Waals surface area contributed by atoms with Crippen molar-refractivity contribution in [2.45, 2.75) is 13.0 Å². The van der Waals surface area contributed by atoms with Crippen LogP contribution in [-0.4, -0.2) is 19.7 Å². The van der Waals surface area contributed by atoms with E-state index >= 15 is 0 Å². The number of aryl methyl sites for hydroxylation is 1. The van der Waals surface area contributed by atoms with E-state index < -0.39 is 10.7 Å². The average molecular weight is 265 g/mol. The van der Waals surface area contributed by atoms with E-state index in [0.29, 0.717) is 5.82 Å². The Kier molecular flexibility index (Phi) is 3.41. The van der Waals surface area contributed by atoms with Gasteiger partial charge in [0.05, 0.1) is 11.0 Å². The van der Waals surface area contributed by atoms with Gasteiger partial charge in [0.2, 0.25) is 0 Å². The van der Waals surface area contributed by atoms with Crippen molar-refractivity contribution in [2.75, 3.05) is 5.32 Å². The largest absolute Gasteiger partial charge is 0.370 e. The quantitative estimate of drug-likeness (QED) is 0.675. The Hall–Kier alpha value is -2.51. The summed E-state index contributed by atoms with van der Waals surface area (Å²) in [6.45, 7) is 1.76. The third kappa shape index (κ3) is 2.67. The van der Waals surface area contributed by atoms with Crippen LogP contribution in [0.5, 0.6) is 0 Å². The summed E-state index contributed by atoms with van der Waals surface area (Å²) >= 11 is 0. The normalized spacial score (nSPS) is 12.2. The van der Waals surface area contributed by atoms with Gasteiger partial charge in [0.15, 0.2) is 5.82 Å². The van der Waals surface area contributed by atoms with E-state index in [1.807, 2.05) is 0 Å². The van der Waals surface area contributed by atoms with Crippen LogP contribution < -0.4 is 5.32 Å². The molecule has 0 fully saturated rings. The summed E-state index contributed by atoms with van der Waals surface area (Å²) in [5, 5.41) is 21.4. The predicted molar refractivity (Wildman–Crippen MR) is 66.1 cm³/mol. The van der Waals surface area contributed by atoms with E-state index in [1.54, 1.807) is 18.5 Å². The Bertz CT molecular complexity index is 613. The second-order valence-corrected chi connectivity index (χ2v) is 4.08. The summed E-state index contributed by atoms with van der Waals surface area (Å²) < 4.78 is 14.9. The van der Waals surface area contributed by atoms with Gasteiger partial charge in [-0.2, -0.15) is 0 Å². The number of nitrogens with one attached hydrogen (secondary N) is 1. The van der Waals surface area contributed by atoms with Gasteiger partial charge in [-0.3, -0.25) is 10.1 Å². The summed E-state index contributed by atoms with van der Waals surface area (Å²) in [5.41, 5.74) is -0.0732. The molecule has 1 atom stereocenters. The van der Waals surface area contributed by atoms with Crippen molar-refractivity contribution in [1.82, 2.24) is 14.8 Å². The van der Waals surface area contributed by atoms with E-state index in [4.69, 9.17) is 0 Å². The molecule has 0 spiro atoms. The zero-order valence-corrected chi connectivity index (χ0v) is 10.4. The van der Waals surface area contributed by atoms with Crippen LogP contribution in [0.3, 0.4) is 0 Å². The molecule has 0 bridgehead atoms. The fourth-order valence-corrected chi connectivity index (χ4v) is 1.77. The summed E-state index contributed by atoms with van der Waals surface area (Å²) in [4.78, 5) is 10.3. The van der Waals surface area contributed by atoms with Crippen molar-refractivity contribution in [1.29, 1.82) is 0 Å². The zero-order valence-electron chi connectivity index (χ0n) is 10.4. The predicted octanol–water partition coefficient (Wildman–Crippen LogP) is 2.04. The molecule has 0 radical (unpaired) electrons. The molecule has 8 heteroatoms. The fraction of sp³-hybridized carbons (Fsp3) is 0.273. The number of hydrogen-bond acceptors (Lipinski definition) is 5. The summed E-state index contributed by atoms with van der Waals surface area (Å²) in [6, 6.07) is 2.93. The summed E-state index contributed by atoms with van der Waals surface area (Å²) in [5.74, 6) is 0.0526. The highest BCUT2D eigenvalue weighted by Gasteiger charge is 2.18. The van der Waals surface area contributed by atoms with Gasteiger partial charge in [0.1, 0.15) is 17.8 Å². The van der Waals surface area contributed by atoms with Gasteiger partial charge >= 0.3 is 0 Å². The number of nitro groups is 1. The highest BCUT2D eigenvalue weighted by atomic mass is 19.1. The van der Waals surface area contributed by atoms with Crippen LogP contribution in [-0.2, 0) is 7.05 Å². The Morgan fingerprint density at radius 1 is 1.53 bits per heavy atom. The molecular formula is C11H12FN5O2. The molecule has 1 heterocycles. The Morgan fingerprint density at radius 3 is 2.84 bits per heavy atom. The maximum atomic E-state index is 13.2. The first kappa shape index (κ1) is 12.9. The molecule has 0 amide bonds. The van der Waals surface area contributed by atoms with E-state index in [2.05, 4.69) is 15.5 Å². The molecule has 19 heavy (non-hydrogen) atoms. The smallest absolute Gasteiger partial charge is 0.292 e. The molecule has 0 aliphatic rings. The van der Waals surface area contributed by atoms with E-state index in [0.717, 1.165) is 18.2 Å². The number of anilines is 1. The van der Waals surface area contributed by atoms with Gasteiger partial charge < -0.3 is 9.88 Å². The van der Waals surface area contributed by atoms with Crippen LogP contribution in [0.25, 0.3) is 0 Å². The molecule has 0 saturated carbocycles. The van der Waals surface area contributed by atoms with Gasteiger partial charge in [-0.25, -0.2) is 4.39 Å². The number of aromatic nitrogens is 3. The SMILES string of the molecule is CC(Nc1cc(F)ccc1[N+](=O)[O-])c1nncn1C. The number of rotatable bonds is 4. The lowest BCUT2D eigenvalue weighted by Gasteiger charge is -2.14. The molecular weight excluding hydrogens is 253 g/mol. The Balaban J connectivity index is 2.30. The zero-order chi connectivity index (χ0) is 14.0. The molecule has 7 nitrogen and oxygen atoms in total. The maximum Gasteiger partial charge on any atom is 0.292 e. The van der Waals surface area contributed by atoms with E-state index in [-0.39, 0.29) is 17.4 Å². The van der Waals surface area contributed by atoms with Crippen molar-refractivity contribution in [3.8, 4) is 0 Å². The third-order valence-corrected chi connectivity index (χ3v) is 2.66. The minimum atomic E-state index is -0.564. The van der Waals surface area contributed by atoms with Crippen LogP contribution in [0.2, 0.25) is 0 Å².